The Kier molecular flexibility index (Phi) is 4.69. The molecule has 0 bridgehead atoms. The van der Waals surface area contributed by atoms with Crippen LogP contribution in [-0.4, -0.2) is 41.4 Å². The molecule has 0 spiro atoms. The summed E-state index contributed by atoms with van der Waals surface area (Å²) >= 11 is 0. The maximum absolute atomic E-state index is 11.0. The van der Waals surface area contributed by atoms with E-state index < -0.39 is 39.8 Å². The third-order valence-electron chi connectivity index (χ3n) is 1.35. The van der Waals surface area contributed by atoms with Gasteiger partial charge in [-0.15, -0.1) is 0 Å². The summed E-state index contributed by atoms with van der Waals surface area (Å²) in [5.74, 6) is -2.78. The fourth-order valence-electron chi connectivity index (χ4n) is 0.782. The van der Waals surface area contributed by atoms with Gasteiger partial charge in [-0.2, -0.15) is 8.42 Å². The monoisotopic (exact) mass is 240 g/mol. The van der Waals surface area contributed by atoms with Crippen LogP contribution in [0.4, 0.5) is 0 Å². The third-order valence-corrected chi connectivity index (χ3v) is 2.44. The summed E-state index contributed by atoms with van der Waals surface area (Å²) in [4.78, 5) is 21.4. The molecule has 0 saturated carbocycles. The van der Waals surface area contributed by atoms with Crippen LogP contribution in [0.1, 0.15) is 20.3 Å². The first-order valence-corrected chi connectivity index (χ1v) is 5.53. The number of esters is 1. The molecular formula is C7H12O7S. The van der Waals surface area contributed by atoms with Crippen LogP contribution in [0.3, 0.4) is 0 Å². The summed E-state index contributed by atoms with van der Waals surface area (Å²) < 4.78 is 34.2. The summed E-state index contributed by atoms with van der Waals surface area (Å²) in [6.07, 6.45) is -1.39. The number of carbonyl (C=O) groups is 2. The van der Waals surface area contributed by atoms with Crippen LogP contribution < -0.4 is 0 Å². The lowest BCUT2D eigenvalue weighted by molar-refractivity contribution is -0.150. The molecule has 0 saturated heterocycles. The van der Waals surface area contributed by atoms with Gasteiger partial charge >= 0.3 is 11.9 Å². The second kappa shape index (κ2) is 5.08. The fourth-order valence-corrected chi connectivity index (χ4v) is 1.38. The van der Waals surface area contributed by atoms with Crippen LogP contribution in [0, 0.1) is 0 Å². The van der Waals surface area contributed by atoms with Crippen LogP contribution >= 0.6 is 0 Å². The van der Waals surface area contributed by atoms with Gasteiger partial charge in [0.25, 0.3) is 10.1 Å². The SMILES string of the molecule is CC(C)OC(=O)CC(C(=O)O)S(=O)(=O)O. The molecule has 0 aliphatic rings. The summed E-state index contributed by atoms with van der Waals surface area (Å²) in [5, 5.41) is 6.27. The van der Waals surface area contributed by atoms with Crippen molar-refractivity contribution in [3.8, 4) is 0 Å². The van der Waals surface area contributed by atoms with E-state index in [1.165, 1.54) is 13.8 Å². The first kappa shape index (κ1) is 13.8. The number of carbonyl (C=O) groups excluding carboxylic acids is 1. The Morgan fingerprint density at radius 3 is 2.07 bits per heavy atom. The molecule has 7 nitrogen and oxygen atoms in total. The fraction of sp³-hybridized carbons (Fsp3) is 0.714. The largest absolute Gasteiger partial charge is 0.480 e. The molecule has 8 heteroatoms. The molecule has 0 radical (unpaired) electrons. The normalized spacial score (nSPS) is 13.6. The summed E-state index contributed by atoms with van der Waals surface area (Å²) in [6, 6.07) is 0. The van der Waals surface area contributed by atoms with Crippen molar-refractivity contribution in [3.05, 3.63) is 0 Å². The minimum Gasteiger partial charge on any atom is -0.480 e. The first-order chi connectivity index (χ1) is 6.64. The van der Waals surface area contributed by atoms with E-state index in [1.807, 2.05) is 0 Å². The zero-order valence-electron chi connectivity index (χ0n) is 8.21. The standard InChI is InChI=1S/C7H12O7S/c1-4(2)14-6(8)3-5(7(9)10)15(11,12)13/h4-5H,3H2,1-2H3,(H,9,10)(H,11,12,13). The lowest BCUT2D eigenvalue weighted by Gasteiger charge is -2.10. The lowest BCUT2D eigenvalue weighted by atomic mass is 10.3. The molecule has 0 fully saturated rings. The van der Waals surface area contributed by atoms with Gasteiger partial charge in [0.15, 0.2) is 5.25 Å². The van der Waals surface area contributed by atoms with Gasteiger partial charge in [-0.25, -0.2) is 0 Å². The predicted molar refractivity (Wildman–Crippen MR) is 48.8 cm³/mol. The molecule has 0 aliphatic carbocycles. The highest BCUT2D eigenvalue weighted by atomic mass is 32.2. The highest BCUT2D eigenvalue weighted by Crippen LogP contribution is 2.07. The zero-order valence-corrected chi connectivity index (χ0v) is 9.02. The Balaban J connectivity index is 4.59. The van der Waals surface area contributed by atoms with Crippen LogP contribution in [-0.2, 0) is 24.4 Å². The topological polar surface area (TPSA) is 118 Å². The predicted octanol–water partition coefficient (Wildman–Crippen LogP) is -0.331. The average Bonchev–Trinajstić information content (AvgIpc) is 1.95. The molecule has 88 valence electrons. The first-order valence-electron chi connectivity index (χ1n) is 4.03. The van der Waals surface area contributed by atoms with E-state index in [1.54, 1.807) is 0 Å². The molecule has 15 heavy (non-hydrogen) atoms. The number of carboxylic acids is 1. The highest BCUT2D eigenvalue weighted by Gasteiger charge is 2.34. The molecule has 0 heterocycles. The van der Waals surface area contributed by atoms with Crippen LogP contribution in [0.5, 0.6) is 0 Å². The molecule has 0 aromatic carbocycles. The third kappa shape index (κ3) is 5.33. The van der Waals surface area contributed by atoms with E-state index >= 15 is 0 Å². The van der Waals surface area contributed by atoms with E-state index in [2.05, 4.69) is 4.74 Å². The maximum Gasteiger partial charge on any atom is 0.325 e. The zero-order chi connectivity index (χ0) is 12.2. The van der Waals surface area contributed by atoms with Gasteiger partial charge in [0.1, 0.15) is 0 Å². The smallest absolute Gasteiger partial charge is 0.325 e. The van der Waals surface area contributed by atoms with Crippen molar-refractivity contribution in [3.63, 3.8) is 0 Å². The van der Waals surface area contributed by atoms with Crippen molar-refractivity contribution < 1.29 is 32.4 Å². The molecule has 0 aromatic heterocycles. The highest BCUT2D eigenvalue weighted by molar-refractivity contribution is 7.87. The van der Waals surface area contributed by atoms with Gasteiger partial charge < -0.3 is 9.84 Å². The van der Waals surface area contributed by atoms with Gasteiger partial charge in [0.2, 0.25) is 0 Å². The van der Waals surface area contributed by atoms with Gasteiger partial charge in [-0.1, -0.05) is 0 Å². The van der Waals surface area contributed by atoms with Crippen molar-refractivity contribution >= 4 is 22.1 Å². The minimum atomic E-state index is -4.80. The van der Waals surface area contributed by atoms with E-state index in [0.717, 1.165) is 0 Å². The summed E-state index contributed by atoms with van der Waals surface area (Å²) in [5.41, 5.74) is 0. The van der Waals surface area contributed by atoms with Gasteiger partial charge in [-0.3, -0.25) is 14.1 Å². The molecule has 2 N–H and O–H groups in total. The van der Waals surface area contributed by atoms with Crippen LogP contribution in [0.15, 0.2) is 0 Å². The van der Waals surface area contributed by atoms with Gasteiger partial charge in [0, 0.05) is 0 Å². The lowest BCUT2D eigenvalue weighted by Crippen LogP contribution is -2.33. The van der Waals surface area contributed by atoms with E-state index in [0.29, 0.717) is 0 Å². The van der Waals surface area contributed by atoms with Gasteiger partial charge in [-0.05, 0) is 13.8 Å². The Bertz CT molecular complexity index is 342. The van der Waals surface area contributed by atoms with Crippen molar-refractivity contribution in [2.75, 3.05) is 0 Å². The summed E-state index contributed by atoms with van der Waals surface area (Å²) in [7, 11) is -4.80. The number of carboxylic acid groups (broad SMARTS) is 1. The molecule has 1 unspecified atom stereocenters. The van der Waals surface area contributed by atoms with Crippen molar-refractivity contribution in [1.29, 1.82) is 0 Å². The average molecular weight is 240 g/mol. The van der Waals surface area contributed by atoms with E-state index in [4.69, 9.17) is 9.66 Å². The molecule has 0 aromatic rings. The van der Waals surface area contributed by atoms with Crippen molar-refractivity contribution in [2.45, 2.75) is 31.6 Å². The number of ether oxygens (including phenoxy) is 1. The second-order valence-electron chi connectivity index (χ2n) is 3.08. The Labute approximate surface area is 86.8 Å². The quantitative estimate of drug-likeness (QED) is 0.498. The molecular weight excluding hydrogens is 228 g/mol. The number of aliphatic carboxylic acids is 1. The Morgan fingerprint density at radius 1 is 1.33 bits per heavy atom. The van der Waals surface area contributed by atoms with E-state index in [-0.39, 0.29) is 0 Å². The molecule has 1 atom stereocenters. The molecule has 0 amide bonds. The number of rotatable bonds is 5. The maximum atomic E-state index is 11.0. The molecule has 0 aliphatic heterocycles. The van der Waals surface area contributed by atoms with Crippen molar-refractivity contribution in [1.82, 2.24) is 0 Å². The van der Waals surface area contributed by atoms with Crippen LogP contribution in [0.25, 0.3) is 0 Å². The second-order valence-corrected chi connectivity index (χ2v) is 4.68. The van der Waals surface area contributed by atoms with E-state index in [9.17, 15) is 18.0 Å². The van der Waals surface area contributed by atoms with Gasteiger partial charge in [0.05, 0.1) is 12.5 Å². The van der Waals surface area contributed by atoms with Crippen molar-refractivity contribution in [2.24, 2.45) is 0 Å². The minimum absolute atomic E-state index is 0.478. The Morgan fingerprint density at radius 2 is 1.80 bits per heavy atom. The molecule has 0 rings (SSSR count). The Hall–Kier alpha value is -1.15. The van der Waals surface area contributed by atoms with Crippen LogP contribution in [0.2, 0.25) is 0 Å². The number of hydrogen-bond donors (Lipinski definition) is 2. The number of hydrogen-bond acceptors (Lipinski definition) is 5. The summed E-state index contributed by atoms with van der Waals surface area (Å²) in [6.45, 7) is 3.06.